The van der Waals surface area contributed by atoms with Gasteiger partial charge in [0.05, 0.1) is 65.3 Å². The number of anilines is 1. The van der Waals surface area contributed by atoms with Gasteiger partial charge in [0, 0.05) is 37.7 Å². The predicted octanol–water partition coefficient (Wildman–Crippen LogP) is 6.83. The van der Waals surface area contributed by atoms with Crippen LogP contribution in [0.15, 0.2) is 79.0 Å². The molecule has 0 radical (unpaired) electrons. The van der Waals surface area contributed by atoms with E-state index in [1.165, 1.54) is 4.90 Å². The molecule has 0 aliphatic rings. The van der Waals surface area contributed by atoms with Crippen LogP contribution >= 0.6 is 0 Å². The van der Waals surface area contributed by atoms with Crippen molar-refractivity contribution in [1.29, 1.82) is 0 Å². The first-order chi connectivity index (χ1) is 28.3. The van der Waals surface area contributed by atoms with Crippen molar-refractivity contribution in [3.05, 3.63) is 90.1 Å². The number of hydrogen-bond acceptors (Lipinski definition) is 10. The molecule has 1 atom stereocenters. The van der Waals surface area contributed by atoms with Crippen molar-refractivity contribution in [3.63, 3.8) is 0 Å². The highest BCUT2D eigenvalue weighted by Gasteiger charge is 2.22. The van der Waals surface area contributed by atoms with Gasteiger partial charge in [-0.05, 0) is 72.0 Å². The molecule has 0 saturated carbocycles. The van der Waals surface area contributed by atoms with Crippen LogP contribution in [0.25, 0.3) is 21.9 Å². The second-order valence-electron chi connectivity index (χ2n) is 13.9. The number of fused-ring (bicyclic) bond motifs is 1. The number of hydrogen-bond donors (Lipinski definition) is 3. The van der Waals surface area contributed by atoms with Gasteiger partial charge in [-0.2, -0.15) is 0 Å². The first-order valence-corrected chi connectivity index (χ1v) is 20.3. The number of benzene rings is 3. The molecule has 1 heterocycles. The number of aliphatic carboxylic acids is 1. The smallest absolute Gasteiger partial charge is 0.305 e. The van der Waals surface area contributed by atoms with Gasteiger partial charge in [0.25, 0.3) is 0 Å². The molecule has 0 fully saturated rings. The fourth-order valence-electron chi connectivity index (χ4n) is 6.31. The Hall–Kier alpha value is -5.08. The molecule has 0 aliphatic heterocycles. The zero-order chi connectivity index (χ0) is 41.4. The molecule has 0 aliphatic carbocycles. The number of ether oxygens (including phenoxy) is 5. The number of carbonyl (C=O) groups is 3. The van der Waals surface area contributed by atoms with E-state index in [1.807, 2.05) is 86.6 Å². The molecular weight excluding hydrogens is 741 g/mol. The number of nitrogens with zero attached hydrogens (tertiary/aromatic N) is 2. The number of nitrogens with one attached hydrogen (secondary N) is 2. The summed E-state index contributed by atoms with van der Waals surface area (Å²) in [5, 5.41) is 17.8. The molecule has 3 aromatic carbocycles. The van der Waals surface area contributed by atoms with Gasteiger partial charge in [-0.25, -0.2) is 4.98 Å². The minimum Gasteiger partial charge on any atom is -0.491 e. The quantitative estimate of drug-likeness (QED) is 0.0495. The van der Waals surface area contributed by atoms with Crippen molar-refractivity contribution < 1.29 is 43.2 Å². The lowest BCUT2D eigenvalue weighted by atomic mass is 9.95. The third kappa shape index (κ3) is 16.0. The third-order valence-electron chi connectivity index (χ3n) is 9.14. The van der Waals surface area contributed by atoms with E-state index in [0.717, 1.165) is 52.1 Å². The minimum absolute atomic E-state index is 0.130. The van der Waals surface area contributed by atoms with Crippen LogP contribution < -0.4 is 15.4 Å². The molecule has 4 rings (SSSR count). The normalized spacial score (nSPS) is 11.6. The SMILES string of the molecule is CCCOCCOCCOCCOCCOc1ccc(-c2ccc([C@H](CC(=O)O)NC(=O)CN(CCC)C(=O)CCCNc3cc(C)ccn3)cc2)c2ccccc12. The maximum absolute atomic E-state index is 13.3. The molecule has 0 spiro atoms. The summed E-state index contributed by atoms with van der Waals surface area (Å²) in [4.78, 5) is 44.1. The third-order valence-corrected chi connectivity index (χ3v) is 9.14. The molecule has 58 heavy (non-hydrogen) atoms. The molecule has 1 aromatic heterocycles. The Labute approximate surface area is 342 Å². The van der Waals surface area contributed by atoms with Crippen LogP contribution in [0, 0.1) is 6.92 Å². The second kappa shape index (κ2) is 26.0. The zero-order valence-electron chi connectivity index (χ0n) is 34.2. The zero-order valence-corrected chi connectivity index (χ0v) is 34.2. The highest BCUT2D eigenvalue weighted by molar-refractivity contribution is 6.00. The van der Waals surface area contributed by atoms with Crippen molar-refractivity contribution in [3.8, 4) is 16.9 Å². The lowest BCUT2D eigenvalue weighted by Gasteiger charge is -2.24. The first-order valence-electron chi connectivity index (χ1n) is 20.3. The number of carboxylic acids is 1. The molecule has 13 heteroatoms. The maximum Gasteiger partial charge on any atom is 0.305 e. The van der Waals surface area contributed by atoms with E-state index in [0.29, 0.717) is 84.3 Å². The van der Waals surface area contributed by atoms with Gasteiger partial charge >= 0.3 is 5.97 Å². The summed E-state index contributed by atoms with van der Waals surface area (Å²) < 4.78 is 28.2. The molecule has 0 saturated heterocycles. The first kappa shape index (κ1) is 45.6. The summed E-state index contributed by atoms with van der Waals surface area (Å²) in [5.41, 5.74) is 3.66. The van der Waals surface area contributed by atoms with Gasteiger partial charge in [-0.1, -0.05) is 68.4 Å². The van der Waals surface area contributed by atoms with Gasteiger partial charge < -0.3 is 44.3 Å². The minimum atomic E-state index is -1.04. The Kier molecular flexibility index (Phi) is 20.5. The topological polar surface area (TPSA) is 158 Å². The summed E-state index contributed by atoms with van der Waals surface area (Å²) >= 11 is 0. The highest BCUT2D eigenvalue weighted by Crippen LogP contribution is 2.35. The number of rotatable bonds is 29. The summed E-state index contributed by atoms with van der Waals surface area (Å²) in [6, 6.07) is 22.6. The van der Waals surface area contributed by atoms with Crippen molar-refractivity contribution in [2.75, 3.05) is 84.4 Å². The molecule has 0 bridgehead atoms. The number of aromatic nitrogens is 1. The Morgan fingerprint density at radius 1 is 0.776 bits per heavy atom. The van der Waals surface area contributed by atoms with E-state index in [9.17, 15) is 19.5 Å². The van der Waals surface area contributed by atoms with Crippen LogP contribution in [0.5, 0.6) is 5.75 Å². The van der Waals surface area contributed by atoms with Gasteiger partial charge in [0.1, 0.15) is 18.2 Å². The number of amides is 2. The van der Waals surface area contributed by atoms with Crippen molar-refractivity contribution in [2.24, 2.45) is 0 Å². The largest absolute Gasteiger partial charge is 0.491 e. The summed E-state index contributed by atoms with van der Waals surface area (Å²) in [6.45, 7) is 11.5. The van der Waals surface area contributed by atoms with E-state index in [4.69, 9.17) is 23.7 Å². The summed E-state index contributed by atoms with van der Waals surface area (Å²) in [5.74, 6) is -0.0899. The van der Waals surface area contributed by atoms with E-state index in [1.54, 1.807) is 6.20 Å². The van der Waals surface area contributed by atoms with E-state index in [-0.39, 0.29) is 25.3 Å². The Morgan fingerprint density at radius 3 is 2.07 bits per heavy atom. The fourth-order valence-corrected chi connectivity index (χ4v) is 6.31. The van der Waals surface area contributed by atoms with E-state index in [2.05, 4.69) is 22.5 Å². The fraction of sp³-hybridized carbons (Fsp3) is 0.467. The van der Waals surface area contributed by atoms with Gasteiger partial charge in [-0.3, -0.25) is 14.4 Å². The summed E-state index contributed by atoms with van der Waals surface area (Å²) in [6.07, 6.45) is 3.96. The van der Waals surface area contributed by atoms with Gasteiger partial charge in [-0.15, -0.1) is 0 Å². The Bertz CT molecular complexity index is 1840. The monoisotopic (exact) mass is 800 g/mol. The molecule has 13 nitrogen and oxygen atoms in total. The number of carbonyl (C=O) groups excluding carboxylic acids is 2. The van der Waals surface area contributed by atoms with Crippen molar-refractivity contribution >= 4 is 34.4 Å². The number of aryl methyl sites for hydroxylation is 1. The average Bonchev–Trinajstić information content (AvgIpc) is 3.22. The van der Waals surface area contributed by atoms with Gasteiger partial charge in [0.2, 0.25) is 11.8 Å². The number of carboxylic acid groups (broad SMARTS) is 1. The molecular formula is C45H60N4O9. The maximum atomic E-state index is 13.3. The molecule has 2 amide bonds. The average molecular weight is 801 g/mol. The van der Waals surface area contributed by atoms with Crippen LogP contribution in [0.1, 0.15) is 63.1 Å². The van der Waals surface area contributed by atoms with Crippen LogP contribution in [0.4, 0.5) is 5.82 Å². The summed E-state index contributed by atoms with van der Waals surface area (Å²) in [7, 11) is 0. The molecule has 314 valence electrons. The second-order valence-corrected chi connectivity index (χ2v) is 13.9. The number of pyridine rings is 1. The van der Waals surface area contributed by atoms with E-state index >= 15 is 0 Å². The molecule has 0 unspecified atom stereocenters. The molecule has 4 aromatic rings. The van der Waals surface area contributed by atoms with Crippen LogP contribution in [0.3, 0.4) is 0 Å². The highest BCUT2D eigenvalue weighted by atomic mass is 16.6. The lowest BCUT2D eigenvalue weighted by molar-refractivity contribution is -0.139. The van der Waals surface area contributed by atoms with E-state index < -0.39 is 17.9 Å². The molecule has 3 N–H and O–H groups in total. The standard InChI is InChI=1S/C45H60N4O9/c1-4-21-49(44(51)11-8-19-46-42-31-34(3)18-20-47-42)33-43(50)48-40(32-45(52)53)36-14-12-35(13-15-36)37-16-17-41(39-10-7-6-9-38(37)39)58-30-29-57-28-27-56-26-25-55-24-23-54-22-5-2/h6-7,9-10,12-18,20,31,40H,4-5,8,11,19,21-30,32-33H2,1-3H3,(H,46,47)(H,48,50)(H,52,53)/t40-/m0/s1. The van der Waals surface area contributed by atoms with Crippen LogP contribution in [-0.4, -0.2) is 112 Å². The Balaban J connectivity index is 1.27. The van der Waals surface area contributed by atoms with Crippen molar-refractivity contribution in [1.82, 2.24) is 15.2 Å². The van der Waals surface area contributed by atoms with Crippen LogP contribution in [-0.2, 0) is 33.3 Å². The van der Waals surface area contributed by atoms with Crippen molar-refractivity contribution in [2.45, 2.75) is 58.9 Å². The predicted molar refractivity (Wildman–Crippen MR) is 225 cm³/mol. The lowest BCUT2D eigenvalue weighted by Crippen LogP contribution is -2.42. The Morgan fingerprint density at radius 2 is 1.43 bits per heavy atom. The van der Waals surface area contributed by atoms with Gasteiger partial charge in [0.15, 0.2) is 0 Å². The van der Waals surface area contributed by atoms with Crippen LogP contribution in [0.2, 0.25) is 0 Å².